The van der Waals surface area contributed by atoms with E-state index < -0.39 is 0 Å². The summed E-state index contributed by atoms with van der Waals surface area (Å²) in [5.41, 5.74) is 2.71. The topological polar surface area (TPSA) is 57.4 Å². The molecule has 0 unspecified atom stereocenters. The van der Waals surface area contributed by atoms with E-state index in [2.05, 4.69) is 15.2 Å². The lowest BCUT2D eigenvalue weighted by Crippen LogP contribution is -2.45. The van der Waals surface area contributed by atoms with E-state index in [1.807, 2.05) is 61.5 Å². The predicted molar refractivity (Wildman–Crippen MR) is 112 cm³/mol. The van der Waals surface area contributed by atoms with Crippen molar-refractivity contribution in [2.75, 3.05) is 26.2 Å². The zero-order chi connectivity index (χ0) is 19.3. The molecule has 1 fully saturated rings. The minimum Gasteiger partial charge on any atom is -0.492 e. The molecule has 2 N–H and O–H groups in total. The van der Waals surface area contributed by atoms with Gasteiger partial charge in [-0.25, -0.2) is 0 Å². The highest BCUT2D eigenvalue weighted by molar-refractivity contribution is 6.08. The zero-order valence-corrected chi connectivity index (χ0v) is 16.3. The highest BCUT2D eigenvalue weighted by atomic mass is 16.5. The summed E-state index contributed by atoms with van der Waals surface area (Å²) in [5, 5.41) is 4.23. The van der Waals surface area contributed by atoms with Crippen LogP contribution >= 0.6 is 0 Å². The molecule has 1 saturated heterocycles. The van der Waals surface area contributed by atoms with Crippen LogP contribution in [0.15, 0.2) is 54.6 Å². The van der Waals surface area contributed by atoms with Gasteiger partial charge in [0.1, 0.15) is 12.4 Å². The van der Waals surface area contributed by atoms with Crippen LogP contribution in [0.2, 0.25) is 0 Å². The summed E-state index contributed by atoms with van der Waals surface area (Å²) in [6.45, 7) is 5.53. The Kier molecular flexibility index (Phi) is 5.63. The van der Waals surface area contributed by atoms with Gasteiger partial charge in [0.05, 0.1) is 5.56 Å². The number of nitrogens with one attached hydrogen (secondary N) is 2. The molecular weight excluding hydrogens is 350 g/mol. The Morgan fingerprint density at radius 2 is 1.82 bits per heavy atom. The second-order valence-corrected chi connectivity index (χ2v) is 7.42. The number of aromatic amines is 1. The molecular formula is C23H27N3O2. The van der Waals surface area contributed by atoms with Crippen molar-refractivity contribution in [2.45, 2.75) is 25.8 Å². The predicted octanol–water partition coefficient (Wildman–Crippen LogP) is 3.75. The lowest BCUT2D eigenvalue weighted by Gasteiger charge is -2.32. The van der Waals surface area contributed by atoms with E-state index in [1.54, 1.807) is 0 Å². The second-order valence-electron chi connectivity index (χ2n) is 7.42. The van der Waals surface area contributed by atoms with Crippen LogP contribution in [0.1, 0.15) is 28.9 Å². The highest BCUT2D eigenvalue weighted by Crippen LogP contribution is 2.22. The average Bonchev–Trinajstić information content (AvgIpc) is 3.06. The molecule has 1 aliphatic heterocycles. The Balaban J connectivity index is 1.26. The van der Waals surface area contributed by atoms with Crippen molar-refractivity contribution < 1.29 is 9.53 Å². The van der Waals surface area contributed by atoms with Crippen molar-refractivity contribution in [1.29, 1.82) is 0 Å². The number of ether oxygens (including phenoxy) is 1. The van der Waals surface area contributed by atoms with Crippen molar-refractivity contribution in [3.8, 4) is 5.75 Å². The van der Waals surface area contributed by atoms with Crippen LogP contribution in [-0.2, 0) is 0 Å². The van der Waals surface area contributed by atoms with Crippen LogP contribution in [0.4, 0.5) is 0 Å². The molecule has 1 aliphatic rings. The van der Waals surface area contributed by atoms with Crippen molar-refractivity contribution in [3.05, 3.63) is 65.9 Å². The lowest BCUT2D eigenvalue weighted by molar-refractivity contribution is 0.0906. The number of rotatable bonds is 6. The Labute approximate surface area is 165 Å². The number of benzene rings is 2. The number of likely N-dealkylation sites (tertiary alicyclic amines) is 1. The van der Waals surface area contributed by atoms with Gasteiger partial charge in [-0.1, -0.05) is 36.4 Å². The summed E-state index contributed by atoms with van der Waals surface area (Å²) in [6.07, 6.45) is 1.94. The number of H-pyrrole nitrogens is 1. The molecule has 3 aromatic rings. The lowest BCUT2D eigenvalue weighted by atomic mass is 10.0. The Hall–Kier alpha value is -2.79. The maximum Gasteiger partial charge on any atom is 0.253 e. The molecule has 4 rings (SSSR count). The first-order valence-corrected chi connectivity index (χ1v) is 9.99. The number of hydrogen-bond donors (Lipinski definition) is 2. The van der Waals surface area contributed by atoms with E-state index in [-0.39, 0.29) is 11.9 Å². The zero-order valence-electron chi connectivity index (χ0n) is 16.3. The van der Waals surface area contributed by atoms with Gasteiger partial charge < -0.3 is 15.0 Å². The van der Waals surface area contributed by atoms with Gasteiger partial charge in [0.15, 0.2) is 0 Å². The van der Waals surface area contributed by atoms with E-state index in [4.69, 9.17) is 4.74 Å². The Bertz CT molecular complexity index is 927. The first kappa shape index (κ1) is 18.6. The van der Waals surface area contributed by atoms with E-state index in [0.29, 0.717) is 6.61 Å². The van der Waals surface area contributed by atoms with Crippen LogP contribution in [0.3, 0.4) is 0 Å². The number of fused-ring (bicyclic) bond motifs is 1. The van der Waals surface area contributed by atoms with Crippen molar-refractivity contribution in [2.24, 2.45) is 0 Å². The number of carbonyl (C=O) groups is 1. The molecule has 0 spiro atoms. The molecule has 0 atom stereocenters. The van der Waals surface area contributed by atoms with Crippen LogP contribution in [0, 0.1) is 6.92 Å². The summed E-state index contributed by atoms with van der Waals surface area (Å²) in [6, 6.07) is 18.1. The van der Waals surface area contributed by atoms with Crippen LogP contribution in [-0.4, -0.2) is 48.1 Å². The van der Waals surface area contributed by atoms with Gasteiger partial charge in [-0.15, -0.1) is 0 Å². The largest absolute Gasteiger partial charge is 0.492 e. The highest BCUT2D eigenvalue weighted by Gasteiger charge is 2.23. The van der Waals surface area contributed by atoms with Gasteiger partial charge in [-0.05, 0) is 38.0 Å². The van der Waals surface area contributed by atoms with Gasteiger partial charge >= 0.3 is 0 Å². The van der Waals surface area contributed by atoms with Crippen LogP contribution in [0.25, 0.3) is 10.9 Å². The Morgan fingerprint density at radius 1 is 1.11 bits per heavy atom. The SMILES string of the molecule is Cc1[nH]c2ccccc2c1C(=O)NC1CCN(CCOc2ccccc2)CC1. The summed E-state index contributed by atoms with van der Waals surface area (Å²) in [4.78, 5) is 18.6. The molecule has 0 aliphatic carbocycles. The monoisotopic (exact) mass is 377 g/mol. The molecule has 2 heterocycles. The number of amides is 1. The molecule has 0 saturated carbocycles. The molecule has 146 valence electrons. The van der Waals surface area contributed by atoms with E-state index >= 15 is 0 Å². The minimum atomic E-state index is 0.0285. The van der Waals surface area contributed by atoms with Crippen molar-refractivity contribution >= 4 is 16.8 Å². The van der Waals surface area contributed by atoms with Gasteiger partial charge in [-0.3, -0.25) is 9.69 Å². The maximum absolute atomic E-state index is 12.9. The van der Waals surface area contributed by atoms with Gasteiger partial charge in [-0.2, -0.15) is 0 Å². The molecule has 5 heteroatoms. The minimum absolute atomic E-state index is 0.0285. The molecule has 5 nitrogen and oxygen atoms in total. The summed E-state index contributed by atoms with van der Waals surface area (Å²) in [5.74, 6) is 0.944. The number of carbonyl (C=O) groups excluding carboxylic acids is 1. The summed E-state index contributed by atoms with van der Waals surface area (Å²) >= 11 is 0. The summed E-state index contributed by atoms with van der Waals surface area (Å²) < 4.78 is 5.79. The first-order chi connectivity index (χ1) is 13.7. The molecule has 1 aromatic heterocycles. The smallest absolute Gasteiger partial charge is 0.253 e. The third-order valence-electron chi connectivity index (χ3n) is 5.46. The molecule has 2 aromatic carbocycles. The normalized spacial score (nSPS) is 15.6. The fourth-order valence-corrected chi connectivity index (χ4v) is 3.94. The number of nitrogens with zero attached hydrogens (tertiary/aromatic N) is 1. The third-order valence-corrected chi connectivity index (χ3v) is 5.46. The van der Waals surface area contributed by atoms with Crippen LogP contribution < -0.4 is 10.1 Å². The van der Waals surface area contributed by atoms with E-state index in [9.17, 15) is 4.79 Å². The van der Waals surface area contributed by atoms with Crippen LogP contribution in [0.5, 0.6) is 5.75 Å². The second kappa shape index (κ2) is 8.48. The number of para-hydroxylation sites is 2. The van der Waals surface area contributed by atoms with E-state index in [0.717, 1.165) is 60.4 Å². The van der Waals surface area contributed by atoms with Gasteiger partial charge in [0, 0.05) is 42.3 Å². The number of aryl methyl sites for hydroxylation is 1. The van der Waals surface area contributed by atoms with Gasteiger partial charge in [0.2, 0.25) is 0 Å². The molecule has 0 radical (unpaired) electrons. The first-order valence-electron chi connectivity index (χ1n) is 9.99. The number of aromatic nitrogens is 1. The third kappa shape index (κ3) is 4.20. The standard InChI is InChI=1S/C23H27N3O2/c1-17-22(20-9-5-6-10-21(20)24-17)23(27)25-18-11-13-26(14-12-18)15-16-28-19-7-3-2-4-8-19/h2-10,18,24H,11-16H2,1H3,(H,25,27). The fraction of sp³-hybridized carbons (Fsp3) is 0.348. The fourth-order valence-electron chi connectivity index (χ4n) is 3.94. The van der Waals surface area contributed by atoms with Gasteiger partial charge in [0.25, 0.3) is 5.91 Å². The number of piperidine rings is 1. The van der Waals surface area contributed by atoms with Crippen molar-refractivity contribution in [3.63, 3.8) is 0 Å². The van der Waals surface area contributed by atoms with Crippen molar-refractivity contribution in [1.82, 2.24) is 15.2 Å². The molecule has 28 heavy (non-hydrogen) atoms. The quantitative estimate of drug-likeness (QED) is 0.688. The van der Waals surface area contributed by atoms with E-state index in [1.165, 1.54) is 0 Å². The maximum atomic E-state index is 12.9. The Morgan fingerprint density at radius 3 is 2.61 bits per heavy atom. The molecule has 0 bridgehead atoms. The molecule has 1 amide bonds. The average molecular weight is 377 g/mol. The summed E-state index contributed by atoms with van der Waals surface area (Å²) in [7, 11) is 0. The number of hydrogen-bond acceptors (Lipinski definition) is 3.